The number of aryl methyl sites for hydroxylation is 2. The molecule has 0 aromatic heterocycles. The van der Waals surface area contributed by atoms with Crippen LogP contribution in [-0.4, -0.2) is 52.0 Å². The van der Waals surface area contributed by atoms with Crippen LogP contribution in [0.5, 0.6) is 5.75 Å². The van der Waals surface area contributed by atoms with Crippen molar-refractivity contribution < 1.29 is 17.9 Å². The Labute approximate surface area is 211 Å². The average molecular weight is 514 g/mol. The molecule has 1 saturated heterocycles. The van der Waals surface area contributed by atoms with Crippen LogP contribution in [0.4, 0.5) is 11.4 Å². The zero-order valence-electron chi connectivity index (χ0n) is 19.7. The summed E-state index contributed by atoms with van der Waals surface area (Å²) in [5.41, 5.74) is 3.22. The SMILES string of the molecule is Cc1ccc(NS(=O)(=O)c2ccc(OCC(=O)N3CCN(c4cccc(Cl)c4)CC3)c(C)c2)cc1. The van der Waals surface area contributed by atoms with Crippen molar-refractivity contribution in [1.29, 1.82) is 0 Å². The van der Waals surface area contributed by atoms with Crippen LogP contribution in [0.15, 0.2) is 71.6 Å². The van der Waals surface area contributed by atoms with E-state index in [1.54, 1.807) is 36.1 Å². The lowest BCUT2D eigenvalue weighted by Crippen LogP contribution is -2.50. The fourth-order valence-electron chi connectivity index (χ4n) is 3.90. The van der Waals surface area contributed by atoms with Crippen molar-refractivity contribution >= 4 is 38.9 Å². The van der Waals surface area contributed by atoms with Crippen molar-refractivity contribution in [2.45, 2.75) is 18.7 Å². The van der Waals surface area contributed by atoms with Crippen molar-refractivity contribution in [3.05, 3.63) is 82.9 Å². The number of nitrogens with zero attached hydrogens (tertiary/aromatic N) is 2. The number of halogens is 1. The Balaban J connectivity index is 1.32. The number of anilines is 2. The number of piperazine rings is 1. The molecule has 1 amide bonds. The number of ether oxygens (including phenoxy) is 1. The van der Waals surface area contributed by atoms with Gasteiger partial charge in [0.05, 0.1) is 4.90 Å². The third-order valence-electron chi connectivity index (χ3n) is 5.92. The maximum atomic E-state index is 12.7. The van der Waals surface area contributed by atoms with E-state index in [9.17, 15) is 13.2 Å². The van der Waals surface area contributed by atoms with Crippen LogP contribution >= 0.6 is 11.6 Å². The molecule has 35 heavy (non-hydrogen) atoms. The number of rotatable bonds is 7. The minimum Gasteiger partial charge on any atom is -0.483 e. The first-order valence-electron chi connectivity index (χ1n) is 11.3. The van der Waals surface area contributed by atoms with Crippen LogP contribution in [0.3, 0.4) is 0 Å². The standard InChI is InChI=1S/C26H28ClN3O4S/c1-19-6-8-22(9-7-19)28-35(32,33)24-10-11-25(20(2)16-24)34-18-26(31)30-14-12-29(13-15-30)23-5-3-4-21(27)17-23/h3-11,16-17,28H,12-15,18H2,1-2H3. The van der Waals surface area contributed by atoms with Crippen LogP contribution in [-0.2, 0) is 14.8 Å². The minimum absolute atomic E-state index is 0.104. The van der Waals surface area contributed by atoms with Crippen molar-refractivity contribution in [1.82, 2.24) is 4.90 Å². The zero-order valence-corrected chi connectivity index (χ0v) is 21.3. The van der Waals surface area contributed by atoms with Crippen LogP contribution in [0.25, 0.3) is 0 Å². The summed E-state index contributed by atoms with van der Waals surface area (Å²) in [6, 6.07) is 19.4. The monoisotopic (exact) mass is 513 g/mol. The van der Waals surface area contributed by atoms with Crippen molar-refractivity contribution in [2.75, 3.05) is 42.4 Å². The Bertz CT molecular complexity index is 1300. The van der Waals surface area contributed by atoms with Gasteiger partial charge in [0, 0.05) is 42.6 Å². The number of sulfonamides is 1. The van der Waals surface area contributed by atoms with Gasteiger partial charge in [-0.1, -0.05) is 35.4 Å². The van der Waals surface area contributed by atoms with Crippen LogP contribution < -0.4 is 14.4 Å². The molecule has 1 aliphatic heterocycles. The number of carbonyl (C=O) groups excluding carboxylic acids is 1. The van der Waals surface area contributed by atoms with Gasteiger partial charge in [0.2, 0.25) is 0 Å². The Morgan fingerprint density at radius 2 is 1.69 bits per heavy atom. The van der Waals surface area contributed by atoms with Crippen molar-refractivity contribution in [3.8, 4) is 5.75 Å². The quantitative estimate of drug-likeness (QED) is 0.503. The molecule has 0 saturated carbocycles. The molecule has 3 aromatic rings. The highest BCUT2D eigenvalue weighted by molar-refractivity contribution is 7.92. The van der Waals surface area contributed by atoms with Gasteiger partial charge in [-0.25, -0.2) is 8.42 Å². The highest BCUT2D eigenvalue weighted by Crippen LogP contribution is 2.24. The molecule has 184 valence electrons. The number of amides is 1. The number of benzene rings is 3. The van der Waals surface area contributed by atoms with Crippen LogP contribution in [0.1, 0.15) is 11.1 Å². The number of carbonyl (C=O) groups is 1. The second kappa shape index (κ2) is 10.6. The topological polar surface area (TPSA) is 78.9 Å². The largest absolute Gasteiger partial charge is 0.483 e. The van der Waals surface area contributed by atoms with E-state index in [0.29, 0.717) is 48.2 Å². The zero-order chi connectivity index (χ0) is 25.0. The lowest BCUT2D eigenvalue weighted by molar-refractivity contribution is -0.133. The molecule has 7 nitrogen and oxygen atoms in total. The smallest absolute Gasteiger partial charge is 0.261 e. The summed E-state index contributed by atoms with van der Waals surface area (Å²) in [6.45, 7) is 6.20. The van der Waals surface area contributed by atoms with E-state index < -0.39 is 10.0 Å². The summed E-state index contributed by atoms with van der Waals surface area (Å²) in [4.78, 5) is 16.8. The third-order valence-corrected chi connectivity index (χ3v) is 7.53. The molecule has 1 fully saturated rings. The predicted octanol–water partition coefficient (Wildman–Crippen LogP) is 4.49. The maximum Gasteiger partial charge on any atom is 0.261 e. The molecule has 0 spiro atoms. The van der Waals surface area contributed by atoms with Gasteiger partial charge >= 0.3 is 0 Å². The van der Waals surface area contributed by atoms with E-state index in [-0.39, 0.29) is 17.4 Å². The Kier molecular flexibility index (Phi) is 7.52. The van der Waals surface area contributed by atoms with Gasteiger partial charge in [-0.05, 0) is 67.9 Å². The average Bonchev–Trinajstić information content (AvgIpc) is 2.84. The molecule has 4 rings (SSSR count). The highest BCUT2D eigenvalue weighted by atomic mass is 35.5. The summed E-state index contributed by atoms with van der Waals surface area (Å²) in [6.07, 6.45) is 0. The van der Waals surface area contributed by atoms with E-state index in [4.69, 9.17) is 16.3 Å². The fourth-order valence-corrected chi connectivity index (χ4v) is 5.23. The predicted molar refractivity (Wildman–Crippen MR) is 139 cm³/mol. The summed E-state index contributed by atoms with van der Waals surface area (Å²) < 4.78 is 33.8. The molecule has 0 atom stereocenters. The first-order chi connectivity index (χ1) is 16.7. The molecule has 1 aliphatic rings. The Morgan fingerprint density at radius 3 is 2.34 bits per heavy atom. The summed E-state index contributed by atoms with van der Waals surface area (Å²) in [5.74, 6) is 0.373. The van der Waals surface area contributed by atoms with E-state index >= 15 is 0 Å². The van der Waals surface area contributed by atoms with Crippen molar-refractivity contribution in [3.63, 3.8) is 0 Å². The summed E-state index contributed by atoms with van der Waals surface area (Å²) in [5, 5.41) is 0.689. The number of nitrogens with one attached hydrogen (secondary N) is 1. The third kappa shape index (κ3) is 6.26. The van der Waals surface area contributed by atoms with E-state index in [1.807, 2.05) is 43.3 Å². The molecule has 9 heteroatoms. The van der Waals surface area contributed by atoms with E-state index in [1.165, 1.54) is 6.07 Å². The van der Waals surface area contributed by atoms with Crippen LogP contribution in [0, 0.1) is 13.8 Å². The Hall–Kier alpha value is -3.23. The fraction of sp³-hybridized carbons (Fsp3) is 0.269. The molecule has 0 unspecified atom stereocenters. The van der Waals surface area contributed by atoms with Gasteiger partial charge in [-0.15, -0.1) is 0 Å². The maximum absolute atomic E-state index is 12.7. The van der Waals surface area contributed by atoms with Gasteiger partial charge in [0.25, 0.3) is 15.9 Å². The molecule has 1 heterocycles. The Morgan fingerprint density at radius 1 is 0.971 bits per heavy atom. The second-order valence-electron chi connectivity index (χ2n) is 8.54. The normalized spacial score (nSPS) is 14.0. The summed E-state index contributed by atoms with van der Waals surface area (Å²) >= 11 is 6.09. The number of hydrogen-bond donors (Lipinski definition) is 1. The highest BCUT2D eigenvalue weighted by Gasteiger charge is 2.22. The van der Waals surface area contributed by atoms with Crippen LogP contribution in [0.2, 0.25) is 5.02 Å². The van der Waals surface area contributed by atoms with Gasteiger partial charge in [-0.3, -0.25) is 9.52 Å². The molecular formula is C26H28ClN3O4S. The van der Waals surface area contributed by atoms with E-state index in [0.717, 1.165) is 11.3 Å². The molecule has 3 aromatic carbocycles. The van der Waals surface area contributed by atoms with E-state index in [2.05, 4.69) is 9.62 Å². The van der Waals surface area contributed by atoms with Gasteiger partial charge in [-0.2, -0.15) is 0 Å². The molecule has 0 radical (unpaired) electrons. The minimum atomic E-state index is -3.74. The lowest BCUT2D eigenvalue weighted by atomic mass is 10.2. The molecular weight excluding hydrogens is 486 g/mol. The van der Waals surface area contributed by atoms with Gasteiger partial charge < -0.3 is 14.5 Å². The lowest BCUT2D eigenvalue weighted by Gasteiger charge is -2.36. The van der Waals surface area contributed by atoms with Gasteiger partial charge in [0.1, 0.15) is 5.75 Å². The number of hydrogen-bond acceptors (Lipinski definition) is 5. The molecule has 0 aliphatic carbocycles. The first-order valence-corrected chi connectivity index (χ1v) is 13.2. The van der Waals surface area contributed by atoms with Gasteiger partial charge in [0.15, 0.2) is 6.61 Å². The molecule has 1 N–H and O–H groups in total. The summed E-state index contributed by atoms with van der Waals surface area (Å²) in [7, 11) is -3.74. The second-order valence-corrected chi connectivity index (χ2v) is 10.7. The first kappa shape index (κ1) is 24.9. The molecule has 0 bridgehead atoms. The van der Waals surface area contributed by atoms with Crippen molar-refractivity contribution in [2.24, 2.45) is 0 Å².